The number of hydrogen-bond donors (Lipinski definition) is 1. The Bertz CT molecular complexity index is 235. The largest absolute Gasteiger partial charge is 0.336 e. The molecule has 3 heteroatoms. The molecule has 1 aliphatic heterocycles. The quantitative estimate of drug-likeness (QED) is 0.732. The Balaban J connectivity index is 2.40. The lowest BCUT2D eigenvalue weighted by atomic mass is 9.75. The number of hydrogen-bond acceptors (Lipinski definition) is 1. The lowest BCUT2D eigenvalue weighted by molar-refractivity contribution is 0.121. The smallest absolute Gasteiger partial charge is 0.317 e. The van der Waals surface area contributed by atoms with Crippen molar-refractivity contribution in [3.05, 3.63) is 0 Å². The monoisotopic (exact) mass is 226 g/mol. The minimum absolute atomic E-state index is 0.0994. The molecule has 1 N–H and O–H groups in total. The molecule has 1 heterocycles. The summed E-state index contributed by atoms with van der Waals surface area (Å²) in [6.07, 6.45) is 2.27. The summed E-state index contributed by atoms with van der Waals surface area (Å²) in [5.74, 6) is 0.746. The fraction of sp³-hybridized carbons (Fsp3) is 0.923. The summed E-state index contributed by atoms with van der Waals surface area (Å²) >= 11 is 0. The van der Waals surface area contributed by atoms with Crippen molar-refractivity contribution in [2.45, 2.75) is 53.5 Å². The fourth-order valence-corrected chi connectivity index (χ4v) is 2.29. The van der Waals surface area contributed by atoms with Gasteiger partial charge in [-0.3, -0.25) is 0 Å². The molecule has 2 amide bonds. The first-order chi connectivity index (χ1) is 7.30. The maximum atomic E-state index is 11.8. The summed E-state index contributed by atoms with van der Waals surface area (Å²) < 4.78 is 0. The number of nitrogens with zero attached hydrogens (tertiary/aromatic N) is 1. The third-order valence-corrected chi connectivity index (χ3v) is 3.42. The average molecular weight is 226 g/mol. The van der Waals surface area contributed by atoms with Crippen LogP contribution in [0.3, 0.4) is 0 Å². The van der Waals surface area contributed by atoms with Crippen molar-refractivity contribution in [3.8, 4) is 0 Å². The van der Waals surface area contributed by atoms with E-state index < -0.39 is 0 Å². The van der Waals surface area contributed by atoms with Crippen molar-refractivity contribution in [1.82, 2.24) is 10.2 Å². The van der Waals surface area contributed by atoms with Gasteiger partial charge in [0.05, 0.1) is 0 Å². The van der Waals surface area contributed by atoms with Crippen molar-refractivity contribution < 1.29 is 4.79 Å². The van der Waals surface area contributed by atoms with Gasteiger partial charge < -0.3 is 10.2 Å². The number of carbonyl (C=O) groups is 1. The van der Waals surface area contributed by atoms with E-state index in [1.807, 2.05) is 18.7 Å². The van der Waals surface area contributed by atoms with Crippen LogP contribution in [0.5, 0.6) is 0 Å². The molecule has 0 saturated carbocycles. The summed E-state index contributed by atoms with van der Waals surface area (Å²) in [6.45, 7) is 12.7. The van der Waals surface area contributed by atoms with Crippen LogP contribution < -0.4 is 5.32 Å². The SMILES string of the molecule is CC(C)NC(=O)N1CCC(C(C)(C)C)CC1. The molecule has 0 aromatic carbocycles. The molecule has 0 atom stereocenters. The minimum atomic E-state index is 0.0994. The lowest BCUT2D eigenvalue weighted by Crippen LogP contribution is -2.47. The number of likely N-dealkylation sites (tertiary alicyclic amines) is 1. The Labute approximate surface area is 99.6 Å². The van der Waals surface area contributed by atoms with E-state index in [1.54, 1.807) is 0 Å². The van der Waals surface area contributed by atoms with E-state index in [0.29, 0.717) is 5.41 Å². The third-order valence-electron chi connectivity index (χ3n) is 3.42. The van der Waals surface area contributed by atoms with E-state index in [9.17, 15) is 4.79 Å². The van der Waals surface area contributed by atoms with Crippen LogP contribution in [0, 0.1) is 11.3 Å². The number of rotatable bonds is 1. The maximum absolute atomic E-state index is 11.8. The molecule has 0 aromatic rings. The van der Waals surface area contributed by atoms with E-state index >= 15 is 0 Å². The summed E-state index contributed by atoms with van der Waals surface area (Å²) in [6, 6.07) is 0.329. The zero-order valence-corrected chi connectivity index (χ0v) is 11.3. The molecule has 94 valence electrons. The van der Waals surface area contributed by atoms with Crippen LogP contribution in [-0.4, -0.2) is 30.1 Å². The van der Waals surface area contributed by atoms with Crippen LogP contribution >= 0.6 is 0 Å². The molecule has 16 heavy (non-hydrogen) atoms. The zero-order valence-electron chi connectivity index (χ0n) is 11.3. The highest BCUT2D eigenvalue weighted by molar-refractivity contribution is 5.74. The number of piperidine rings is 1. The van der Waals surface area contributed by atoms with Crippen molar-refractivity contribution >= 4 is 6.03 Å². The molecule has 0 radical (unpaired) electrons. The van der Waals surface area contributed by atoms with E-state index in [1.165, 1.54) is 0 Å². The predicted molar refractivity (Wildman–Crippen MR) is 67.4 cm³/mol. The van der Waals surface area contributed by atoms with Gasteiger partial charge in [0.15, 0.2) is 0 Å². The summed E-state index contributed by atoms with van der Waals surface area (Å²) in [4.78, 5) is 13.7. The Morgan fingerprint density at radius 1 is 1.25 bits per heavy atom. The van der Waals surface area contributed by atoms with Crippen LogP contribution in [0.25, 0.3) is 0 Å². The molecule has 1 saturated heterocycles. The van der Waals surface area contributed by atoms with Crippen molar-refractivity contribution in [2.24, 2.45) is 11.3 Å². The molecular weight excluding hydrogens is 200 g/mol. The van der Waals surface area contributed by atoms with Crippen molar-refractivity contribution in [2.75, 3.05) is 13.1 Å². The first-order valence-corrected chi connectivity index (χ1v) is 6.36. The first-order valence-electron chi connectivity index (χ1n) is 6.36. The van der Waals surface area contributed by atoms with Crippen LogP contribution in [0.2, 0.25) is 0 Å². The highest BCUT2D eigenvalue weighted by atomic mass is 16.2. The van der Waals surface area contributed by atoms with Gasteiger partial charge in [0, 0.05) is 19.1 Å². The van der Waals surface area contributed by atoms with Crippen molar-refractivity contribution in [3.63, 3.8) is 0 Å². The Morgan fingerprint density at radius 3 is 2.12 bits per heavy atom. The summed E-state index contributed by atoms with van der Waals surface area (Å²) in [5.41, 5.74) is 0.376. The van der Waals surface area contributed by atoms with Crippen LogP contribution in [-0.2, 0) is 0 Å². The second kappa shape index (κ2) is 5.07. The zero-order chi connectivity index (χ0) is 12.3. The second-order valence-corrected chi connectivity index (χ2v) is 6.23. The van der Waals surface area contributed by atoms with Gasteiger partial charge in [-0.2, -0.15) is 0 Å². The van der Waals surface area contributed by atoms with Gasteiger partial charge in [0.1, 0.15) is 0 Å². The van der Waals surface area contributed by atoms with Gasteiger partial charge in [-0.1, -0.05) is 20.8 Å². The number of carbonyl (C=O) groups excluding carboxylic acids is 1. The highest BCUT2D eigenvalue weighted by Crippen LogP contribution is 2.34. The average Bonchev–Trinajstić information content (AvgIpc) is 2.15. The van der Waals surface area contributed by atoms with E-state index in [0.717, 1.165) is 31.8 Å². The Hall–Kier alpha value is -0.730. The lowest BCUT2D eigenvalue weighted by Gasteiger charge is -2.38. The summed E-state index contributed by atoms with van der Waals surface area (Å²) in [5, 5.41) is 2.95. The van der Waals surface area contributed by atoms with E-state index in [2.05, 4.69) is 26.1 Å². The molecule has 0 spiro atoms. The molecule has 3 nitrogen and oxygen atoms in total. The third kappa shape index (κ3) is 3.69. The van der Waals surface area contributed by atoms with Crippen molar-refractivity contribution in [1.29, 1.82) is 0 Å². The van der Waals surface area contributed by atoms with Gasteiger partial charge in [-0.25, -0.2) is 4.79 Å². The molecule has 0 bridgehead atoms. The van der Waals surface area contributed by atoms with E-state index in [-0.39, 0.29) is 12.1 Å². The first kappa shape index (κ1) is 13.3. The molecule has 1 fully saturated rings. The van der Waals surface area contributed by atoms with Gasteiger partial charge in [-0.05, 0) is 38.0 Å². The molecule has 0 aromatic heterocycles. The van der Waals surface area contributed by atoms with Crippen LogP contribution in [0.15, 0.2) is 0 Å². The number of urea groups is 1. The fourth-order valence-electron chi connectivity index (χ4n) is 2.29. The number of nitrogens with one attached hydrogen (secondary N) is 1. The van der Waals surface area contributed by atoms with Gasteiger partial charge >= 0.3 is 6.03 Å². The van der Waals surface area contributed by atoms with Gasteiger partial charge in [-0.15, -0.1) is 0 Å². The number of amides is 2. The molecule has 0 unspecified atom stereocenters. The second-order valence-electron chi connectivity index (χ2n) is 6.23. The minimum Gasteiger partial charge on any atom is -0.336 e. The molecular formula is C13H26N2O. The summed E-state index contributed by atoms with van der Waals surface area (Å²) in [7, 11) is 0. The van der Waals surface area contributed by atoms with Crippen LogP contribution in [0.1, 0.15) is 47.5 Å². The highest BCUT2D eigenvalue weighted by Gasteiger charge is 2.30. The maximum Gasteiger partial charge on any atom is 0.317 e. The van der Waals surface area contributed by atoms with E-state index in [4.69, 9.17) is 0 Å². The Morgan fingerprint density at radius 2 is 1.75 bits per heavy atom. The predicted octanol–water partition coefficient (Wildman–Crippen LogP) is 2.86. The van der Waals surface area contributed by atoms with Crippen LogP contribution in [0.4, 0.5) is 4.79 Å². The standard InChI is InChI=1S/C13H26N2O/c1-10(2)14-12(16)15-8-6-11(7-9-15)13(3,4)5/h10-11H,6-9H2,1-5H3,(H,14,16). The van der Waals surface area contributed by atoms with Gasteiger partial charge in [0.25, 0.3) is 0 Å². The topological polar surface area (TPSA) is 32.3 Å². The molecule has 0 aliphatic carbocycles. The molecule has 1 rings (SSSR count). The molecule has 1 aliphatic rings. The Kier molecular flexibility index (Phi) is 4.22. The van der Waals surface area contributed by atoms with Gasteiger partial charge in [0.2, 0.25) is 0 Å². The normalized spacial score (nSPS) is 19.0.